The second kappa shape index (κ2) is 5.34. The van der Waals surface area contributed by atoms with Gasteiger partial charge in [0, 0.05) is 0 Å². The van der Waals surface area contributed by atoms with Crippen LogP contribution in [0.5, 0.6) is 0 Å². The van der Waals surface area contributed by atoms with E-state index in [2.05, 4.69) is 27.7 Å². The molecule has 0 spiro atoms. The minimum atomic E-state index is -0.367. The van der Waals surface area contributed by atoms with E-state index in [1.54, 1.807) is 0 Å². The summed E-state index contributed by atoms with van der Waals surface area (Å²) in [5.74, 6) is 1.88. The van der Waals surface area contributed by atoms with E-state index in [1.807, 2.05) is 0 Å². The third-order valence-corrected chi connectivity index (χ3v) is 4.77. The quantitative estimate of drug-likeness (QED) is 0.747. The molecule has 3 unspecified atom stereocenters. The highest BCUT2D eigenvalue weighted by molar-refractivity contribution is 4.91. The molecule has 0 aromatic heterocycles. The highest BCUT2D eigenvalue weighted by Gasteiger charge is 2.40. The fourth-order valence-corrected chi connectivity index (χ4v) is 3.10. The summed E-state index contributed by atoms with van der Waals surface area (Å²) in [5.41, 5.74) is -0.367. The molecule has 1 saturated carbocycles. The molecule has 1 N–H and O–H groups in total. The second-order valence-corrected chi connectivity index (χ2v) is 5.65. The highest BCUT2D eigenvalue weighted by atomic mass is 16.3. The van der Waals surface area contributed by atoms with Gasteiger partial charge in [-0.15, -0.1) is 0 Å². The summed E-state index contributed by atoms with van der Waals surface area (Å²) < 4.78 is 0. The van der Waals surface area contributed by atoms with E-state index in [-0.39, 0.29) is 5.60 Å². The van der Waals surface area contributed by atoms with E-state index in [4.69, 9.17) is 0 Å². The van der Waals surface area contributed by atoms with Crippen LogP contribution >= 0.6 is 0 Å². The molecule has 0 aromatic carbocycles. The smallest absolute Gasteiger partial charge is 0.0678 e. The summed E-state index contributed by atoms with van der Waals surface area (Å²) in [4.78, 5) is 0. The van der Waals surface area contributed by atoms with Crippen LogP contribution in [-0.4, -0.2) is 10.7 Å². The third-order valence-electron chi connectivity index (χ3n) is 4.77. The van der Waals surface area contributed by atoms with Crippen molar-refractivity contribution in [2.75, 3.05) is 0 Å². The van der Waals surface area contributed by atoms with Crippen LogP contribution in [0.4, 0.5) is 0 Å². The first-order chi connectivity index (χ1) is 7.03. The van der Waals surface area contributed by atoms with E-state index < -0.39 is 0 Å². The van der Waals surface area contributed by atoms with Crippen molar-refractivity contribution in [1.82, 2.24) is 0 Å². The van der Waals surface area contributed by atoms with Crippen molar-refractivity contribution in [2.24, 2.45) is 17.8 Å². The molecule has 0 bridgehead atoms. The zero-order chi connectivity index (χ0) is 11.5. The monoisotopic (exact) mass is 212 g/mol. The van der Waals surface area contributed by atoms with Crippen molar-refractivity contribution in [1.29, 1.82) is 0 Å². The molecule has 0 radical (unpaired) electrons. The van der Waals surface area contributed by atoms with E-state index in [1.165, 1.54) is 25.7 Å². The van der Waals surface area contributed by atoms with Gasteiger partial charge in [-0.2, -0.15) is 0 Å². The van der Waals surface area contributed by atoms with Crippen LogP contribution in [0, 0.1) is 17.8 Å². The first-order valence-electron chi connectivity index (χ1n) is 6.75. The summed E-state index contributed by atoms with van der Waals surface area (Å²) in [6.45, 7) is 9.02. The predicted molar refractivity (Wildman–Crippen MR) is 65.8 cm³/mol. The zero-order valence-corrected chi connectivity index (χ0v) is 10.9. The van der Waals surface area contributed by atoms with Crippen LogP contribution in [0.15, 0.2) is 0 Å². The van der Waals surface area contributed by atoms with Crippen molar-refractivity contribution in [2.45, 2.75) is 71.8 Å². The fraction of sp³-hybridized carbons (Fsp3) is 1.00. The Morgan fingerprint density at radius 1 is 1.27 bits per heavy atom. The van der Waals surface area contributed by atoms with Crippen LogP contribution in [-0.2, 0) is 0 Å². The Balaban J connectivity index is 2.62. The molecule has 90 valence electrons. The summed E-state index contributed by atoms with van der Waals surface area (Å²) in [5, 5.41) is 10.7. The standard InChI is InChI=1S/C14H28O/c1-5-13(6-2)10-14(15)9-7-8-11(3)12(14)4/h11-13,15H,5-10H2,1-4H3. The van der Waals surface area contributed by atoms with E-state index >= 15 is 0 Å². The second-order valence-electron chi connectivity index (χ2n) is 5.65. The van der Waals surface area contributed by atoms with Gasteiger partial charge in [0.15, 0.2) is 0 Å². The van der Waals surface area contributed by atoms with Crippen molar-refractivity contribution >= 4 is 0 Å². The molecule has 1 rings (SSSR count). The molecular formula is C14H28O. The number of hydrogen-bond donors (Lipinski definition) is 1. The molecule has 0 aromatic rings. The number of rotatable bonds is 4. The normalized spacial score (nSPS) is 37.2. The maximum Gasteiger partial charge on any atom is 0.0678 e. The summed E-state index contributed by atoms with van der Waals surface area (Å²) in [6, 6.07) is 0. The van der Waals surface area contributed by atoms with Gasteiger partial charge in [0.1, 0.15) is 0 Å². The topological polar surface area (TPSA) is 20.2 Å². The number of aliphatic hydroxyl groups is 1. The maximum atomic E-state index is 10.7. The minimum absolute atomic E-state index is 0.367. The lowest BCUT2D eigenvalue weighted by Crippen LogP contribution is -2.44. The highest BCUT2D eigenvalue weighted by Crippen LogP contribution is 2.42. The maximum absolute atomic E-state index is 10.7. The number of hydrogen-bond acceptors (Lipinski definition) is 1. The van der Waals surface area contributed by atoms with Crippen molar-refractivity contribution in [3.05, 3.63) is 0 Å². The van der Waals surface area contributed by atoms with Crippen LogP contribution in [0.3, 0.4) is 0 Å². The molecule has 1 nitrogen and oxygen atoms in total. The molecule has 1 heteroatoms. The van der Waals surface area contributed by atoms with Gasteiger partial charge in [-0.25, -0.2) is 0 Å². The molecule has 1 fully saturated rings. The summed E-state index contributed by atoms with van der Waals surface area (Å²) >= 11 is 0. The summed E-state index contributed by atoms with van der Waals surface area (Å²) in [7, 11) is 0. The van der Waals surface area contributed by atoms with Crippen LogP contribution < -0.4 is 0 Å². The molecule has 1 aliphatic carbocycles. The van der Waals surface area contributed by atoms with Gasteiger partial charge in [-0.1, -0.05) is 53.4 Å². The van der Waals surface area contributed by atoms with Crippen molar-refractivity contribution < 1.29 is 5.11 Å². The van der Waals surface area contributed by atoms with E-state index in [0.717, 1.165) is 12.8 Å². The Hall–Kier alpha value is -0.0400. The van der Waals surface area contributed by atoms with Gasteiger partial charge in [0.05, 0.1) is 5.60 Å². The zero-order valence-electron chi connectivity index (χ0n) is 10.9. The van der Waals surface area contributed by atoms with Gasteiger partial charge in [-0.3, -0.25) is 0 Å². The van der Waals surface area contributed by atoms with Crippen LogP contribution in [0.2, 0.25) is 0 Å². The fourth-order valence-electron chi connectivity index (χ4n) is 3.10. The molecule has 0 saturated heterocycles. The first kappa shape index (κ1) is 13.0. The van der Waals surface area contributed by atoms with Crippen molar-refractivity contribution in [3.63, 3.8) is 0 Å². The van der Waals surface area contributed by atoms with Crippen LogP contribution in [0.1, 0.15) is 66.2 Å². The Bertz CT molecular complexity index is 186. The average molecular weight is 212 g/mol. The Morgan fingerprint density at radius 2 is 1.87 bits per heavy atom. The van der Waals surface area contributed by atoms with Gasteiger partial charge < -0.3 is 5.11 Å². The van der Waals surface area contributed by atoms with E-state index in [0.29, 0.717) is 17.8 Å². The first-order valence-corrected chi connectivity index (χ1v) is 6.75. The molecule has 15 heavy (non-hydrogen) atoms. The lowest BCUT2D eigenvalue weighted by atomic mass is 9.67. The minimum Gasteiger partial charge on any atom is -0.390 e. The largest absolute Gasteiger partial charge is 0.390 e. The Labute approximate surface area is 95.3 Å². The molecule has 0 aliphatic heterocycles. The molecule has 0 amide bonds. The predicted octanol–water partition coefficient (Wildman–Crippen LogP) is 4.00. The van der Waals surface area contributed by atoms with Gasteiger partial charge in [-0.05, 0) is 30.6 Å². The third kappa shape index (κ3) is 2.96. The SMILES string of the molecule is CCC(CC)CC1(O)CCCC(C)C1C. The Morgan fingerprint density at radius 3 is 2.40 bits per heavy atom. The van der Waals surface area contributed by atoms with Crippen LogP contribution in [0.25, 0.3) is 0 Å². The van der Waals surface area contributed by atoms with Gasteiger partial charge >= 0.3 is 0 Å². The lowest BCUT2D eigenvalue weighted by Gasteiger charge is -2.43. The summed E-state index contributed by atoms with van der Waals surface area (Å²) in [6.07, 6.45) is 6.97. The van der Waals surface area contributed by atoms with E-state index in [9.17, 15) is 5.11 Å². The lowest BCUT2D eigenvalue weighted by molar-refractivity contribution is -0.0798. The molecule has 3 atom stereocenters. The van der Waals surface area contributed by atoms with Gasteiger partial charge in [0.2, 0.25) is 0 Å². The van der Waals surface area contributed by atoms with Crippen molar-refractivity contribution in [3.8, 4) is 0 Å². The molecule has 0 heterocycles. The van der Waals surface area contributed by atoms with Gasteiger partial charge in [0.25, 0.3) is 0 Å². The molecule has 1 aliphatic rings. The Kier molecular flexibility index (Phi) is 4.64. The average Bonchev–Trinajstić information content (AvgIpc) is 2.23. The molecular weight excluding hydrogens is 184 g/mol.